The maximum absolute atomic E-state index is 12.1. The molecular formula is C18H20F3NO2. The molecule has 130 valence electrons. The average Bonchev–Trinajstić information content (AvgIpc) is 2.52. The van der Waals surface area contributed by atoms with Crippen molar-refractivity contribution in [2.45, 2.75) is 34.1 Å². The SMILES string of the molecule is CC.Cc1ccc(C(=O)Nc2ccc(OC(F)(F)F)cc2)cc1C. The van der Waals surface area contributed by atoms with Gasteiger partial charge in [-0.3, -0.25) is 4.79 Å². The van der Waals surface area contributed by atoms with E-state index in [1.54, 1.807) is 12.1 Å². The second-order valence-electron chi connectivity index (χ2n) is 4.83. The minimum atomic E-state index is -4.73. The van der Waals surface area contributed by atoms with E-state index in [0.29, 0.717) is 11.3 Å². The number of aryl methyl sites for hydroxylation is 2. The van der Waals surface area contributed by atoms with Crippen molar-refractivity contribution in [3.05, 3.63) is 59.2 Å². The minimum Gasteiger partial charge on any atom is -0.406 e. The lowest BCUT2D eigenvalue weighted by Gasteiger charge is -2.10. The molecule has 6 heteroatoms. The van der Waals surface area contributed by atoms with Crippen molar-refractivity contribution < 1.29 is 22.7 Å². The Balaban J connectivity index is 0.00000139. The summed E-state index contributed by atoms with van der Waals surface area (Å²) in [5.74, 6) is -0.663. The molecule has 2 aromatic rings. The first kappa shape index (κ1) is 19.5. The average molecular weight is 339 g/mol. The van der Waals surface area contributed by atoms with Crippen LogP contribution in [0.1, 0.15) is 35.3 Å². The number of amides is 1. The lowest BCUT2D eigenvalue weighted by Crippen LogP contribution is -2.17. The highest BCUT2D eigenvalue weighted by Gasteiger charge is 2.30. The fourth-order valence-corrected chi connectivity index (χ4v) is 1.83. The maximum atomic E-state index is 12.1. The lowest BCUT2D eigenvalue weighted by atomic mass is 10.1. The van der Waals surface area contributed by atoms with E-state index < -0.39 is 6.36 Å². The third kappa shape index (κ3) is 5.95. The summed E-state index contributed by atoms with van der Waals surface area (Å²) in [6.45, 7) is 7.84. The van der Waals surface area contributed by atoms with Crippen LogP contribution in [0.2, 0.25) is 0 Å². The molecule has 2 aromatic carbocycles. The van der Waals surface area contributed by atoms with Gasteiger partial charge in [0.05, 0.1) is 0 Å². The number of nitrogens with one attached hydrogen (secondary N) is 1. The first-order valence-electron chi connectivity index (χ1n) is 7.49. The highest BCUT2D eigenvalue weighted by atomic mass is 19.4. The van der Waals surface area contributed by atoms with Crippen molar-refractivity contribution in [1.29, 1.82) is 0 Å². The predicted molar refractivity (Wildman–Crippen MR) is 88.3 cm³/mol. The van der Waals surface area contributed by atoms with Crippen LogP contribution in [0.25, 0.3) is 0 Å². The summed E-state index contributed by atoms with van der Waals surface area (Å²) in [6.07, 6.45) is -4.73. The number of alkyl halides is 3. The minimum absolute atomic E-state index is 0.326. The van der Waals surface area contributed by atoms with E-state index >= 15 is 0 Å². The van der Waals surface area contributed by atoms with E-state index in [0.717, 1.165) is 23.3 Å². The Bertz CT molecular complexity index is 680. The van der Waals surface area contributed by atoms with Gasteiger partial charge in [-0.25, -0.2) is 0 Å². The molecule has 0 atom stereocenters. The van der Waals surface area contributed by atoms with Crippen LogP contribution in [0.3, 0.4) is 0 Å². The van der Waals surface area contributed by atoms with Gasteiger partial charge in [0.1, 0.15) is 5.75 Å². The van der Waals surface area contributed by atoms with Crippen LogP contribution in [0, 0.1) is 13.8 Å². The Kier molecular flexibility index (Phi) is 6.82. The number of anilines is 1. The highest BCUT2D eigenvalue weighted by Crippen LogP contribution is 2.24. The number of rotatable bonds is 3. The smallest absolute Gasteiger partial charge is 0.406 e. The largest absolute Gasteiger partial charge is 0.573 e. The van der Waals surface area contributed by atoms with E-state index in [1.165, 1.54) is 12.1 Å². The molecule has 0 spiro atoms. The second-order valence-corrected chi connectivity index (χ2v) is 4.83. The third-order valence-corrected chi connectivity index (χ3v) is 3.11. The van der Waals surface area contributed by atoms with Crippen molar-refractivity contribution in [3.8, 4) is 5.75 Å². The van der Waals surface area contributed by atoms with E-state index in [9.17, 15) is 18.0 Å². The van der Waals surface area contributed by atoms with Crippen LogP contribution >= 0.6 is 0 Å². The van der Waals surface area contributed by atoms with Gasteiger partial charge in [-0.15, -0.1) is 13.2 Å². The van der Waals surface area contributed by atoms with Gasteiger partial charge >= 0.3 is 6.36 Å². The Morgan fingerprint density at radius 3 is 2.04 bits per heavy atom. The summed E-state index contributed by atoms with van der Waals surface area (Å²) in [4.78, 5) is 12.1. The Labute approximate surface area is 139 Å². The number of ether oxygens (including phenoxy) is 1. The maximum Gasteiger partial charge on any atom is 0.573 e. The molecule has 0 aromatic heterocycles. The summed E-state index contributed by atoms with van der Waals surface area (Å²) in [5, 5.41) is 2.62. The Morgan fingerprint density at radius 1 is 0.958 bits per heavy atom. The monoisotopic (exact) mass is 339 g/mol. The Morgan fingerprint density at radius 2 is 1.54 bits per heavy atom. The molecule has 1 amide bonds. The number of carbonyl (C=O) groups is 1. The molecule has 0 fully saturated rings. The molecule has 0 aliphatic rings. The van der Waals surface area contributed by atoms with Gasteiger partial charge in [-0.05, 0) is 61.4 Å². The van der Waals surface area contributed by atoms with Crippen LogP contribution in [0.5, 0.6) is 5.75 Å². The van der Waals surface area contributed by atoms with Crippen LogP contribution in [0.15, 0.2) is 42.5 Å². The van der Waals surface area contributed by atoms with Gasteiger partial charge in [0.25, 0.3) is 5.91 Å². The van der Waals surface area contributed by atoms with Gasteiger partial charge in [-0.1, -0.05) is 19.9 Å². The van der Waals surface area contributed by atoms with E-state index in [-0.39, 0.29) is 11.7 Å². The molecular weight excluding hydrogens is 319 g/mol. The fraction of sp³-hybridized carbons (Fsp3) is 0.278. The second kappa shape index (κ2) is 8.38. The highest BCUT2D eigenvalue weighted by molar-refractivity contribution is 6.04. The zero-order valence-electron chi connectivity index (χ0n) is 14.0. The molecule has 0 unspecified atom stereocenters. The zero-order valence-corrected chi connectivity index (χ0v) is 14.0. The topological polar surface area (TPSA) is 38.3 Å². The van der Waals surface area contributed by atoms with Crippen molar-refractivity contribution >= 4 is 11.6 Å². The first-order valence-corrected chi connectivity index (χ1v) is 7.49. The zero-order chi connectivity index (χ0) is 18.3. The summed E-state index contributed by atoms with van der Waals surface area (Å²) in [7, 11) is 0. The molecule has 0 aliphatic carbocycles. The molecule has 3 nitrogen and oxygen atoms in total. The lowest BCUT2D eigenvalue weighted by molar-refractivity contribution is -0.274. The number of benzene rings is 2. The van der Waals surface area contributed by atoms with Crippen LogP contribution in [0.4, 0.5) is 18.9 Å². The van der Waals surface area contributed by atoms with Gasteiger partial charge in [0.15, 0.2) is 0 Å². The van der Waals surface area contributed by atoms with Gasteiger partial charge in [-0.2, -0.15) is 0 Å². The molecule has 0 aliphatic heterocycles. The molecule has 24 heavy (non-hydrogen) atoms. The van der Waals surface area contributed by atoms with Crippen molar-refractivity contribution in [1.82, 2.24) is 0 Å². The van der Waals surface area contributed by atoms with Crippen molar-refractivity contribution in [2.75, 3.05) is 5.32 Å². The number of halogens is 3. The normalized spacial score (nSPS) is 10.5. The number of carbonyl (C=O) groups excluding carboxylic acids is 1. The predicted octanol–water partition coefficient (Wildman–Crippen LogP) is 5.48. The molecule has 0 saturated carbocycles. The Hall–Kier alpha value is -2.50. The molecule has 0 saturated heterocycles. The summed E-state index contributed by atoms with van der Waals surface area (Å²) in [5.41, 5.74) is 2.93. The fourth-order valence-electron chi connectivity index (χ4n) is 1.83. The summed E-state index contributed by atoms with van der Waals surface area (Å²) >= 11 is 0. The quantitative estimate of drug-likeness (QED) is 0.804. The van der Waals surface area contributed by atoms with E-state index in [4.69, 9.17) is 0 Å². The number of hydrogen-bond donors (Lipinski definition) is 1. The summed E-state index contributed by atoms with van der Waals surface area (Å²) in [6, 6.07) is 10.3. The van der Waals surface area contributed by atoms with Gasteiger partial charge in [0.2, 0.25) is 0 Å². The standard InChI is InChI=1S/C16H14F3NO2.C2H6/c1-10-3-4-12(9-11(10)2)15(21)20-13-5-7-14(8-6-13)22-16(17,18)19;1-2/h3-9H,1-2H3,(H,20,21);1-2H3. The van der Waals surface area contributed by atoms with Crippen molar-refractivity contribution in [3.63, 3.8) is 0 Å². The van der Waals surface area contributed by atoms with Gasteiger partial charge < -0.3 is 10.1 Å². The summed E-state index contributed by atoms with van der Waals surface area (Å²) < 4.78 is 39.9. The molecule has 0 heterocycles. The van der Waals surface area contributed by atoms with Crippen LogP contribution < -0.4 is 10.1 Å². The van der Waals surface area contributed by atoms with Gasteiger partial charge in [0, 0.05) is 11.3 Å². The first-order chi connectivity index (χ1) is 11.2. The van der Waals surface area contributed by atoms with E-state index in [2.05, 4.69) is 10.1 Å². The number of hydrogen-bond acceptors (Lipinski definition) is 2. The molecule has 0 bridgehead atoms. The van der Waals surface area contributed by atoms with E-state index in [1.807, 2.05) is 33.8 Å². The third-order valence-electron chi connectivity index (χ3n) is 3.11. The van der Waals surface area contributed by atoms with Crippen LogP contribution in [-0.2, 0) is 0 Å². The van der Waals surface area contributed by atoms with Crippen LogP contribution in [-0.4, -0.2) is 12.3 Å². The molecule has 1 N–H and O–H groups in total. The molecule has 2 rings (SSSR count). The van der Waals surface area contributed by atoms with Crippen molar-refractivity contribution in [2.24, 2.45) is 0 Å². The molecule has 0 radical (unpaired) electrons.